The predicted octanol–water partition coefficient (Wildman–Crippen LogP) is 4.75. The van der Waals surface area contributed by atoms with Crippen LogP contribution in [0.4, 0.5) is 0 Å². The maximum atomic E-state index is 9.38. The van der Waals surface area contributed by atoms with Gasteiger partial charge in [0.1, 0.15) is 0 Å². The minimum atomic E-state index is 0.694. The van der Waals surface area contributed by atoms with Crippen molar-refractivity contribution in [2.45, 2.75) is 32.6 Å². The van der Waals surface area contributed by atoms with E-state index < -0.39 is 0 Å². The third-order valence-corrected chi connectivity index (χ3v) is 3.66. The van der Waals surface area contributed by atoms with Crippen LogP contribution >= 0.6 is 12.6 Å². The van der Waals surface area contributed by atoms with Gasteiger partial charge in [-0.3, -0.25) is 0 Å². The lowest BCUT2D eigenvalue weighted by molar-refractivity contribution is 1.27. The number of nitrogens with zero attached hydrogens (tertiary/aromatic N) is 1. The van der Waals surface area contributed by atoms with Crippen LogP contribution in [0.5, 0.6) is 0 Å². The molecule has 0 aliphatic rings. The van der Waals surface area contributed by atoms with Crippen LogP contribution in [0.2, 0.25) is 0 Å². The van der Waals surface area contributed by atoms with Crippen molar-refractivity contribution in [2.75, 3.05) is 0 Å². The normalized spacial score (nSPS) is 10.3. The molecule has 0 saturated carbocycles. The summed E-state index contributed by atoms with van der Waals surface area (Å²) in [5, 5.41) is 9.38. The van der Waals surface area contributed by atoms with Gasteiger partial charge in [0, 0.05) is 10.5 Å². The first kappa shape index (κ1) is 13.7. The van der Waals surface area contributed by atoms with E-state index in [4.69, 9.17) is 0 Å². The molecule has 0 unspecified atom stereocenters. The molecule has 96 valence electrons. The maximum Gasteiger partial charge on any atom is 0.0998 e. The molecule has 0 bridgehead atoms. The molecule has 0 saturated heterocycles. The maximum absolute atomic E-state index is 9.38. The Bertz CT molecular complexity index is 670. The number of benzene rings is 2. The highest BCUT2D eigenvalue weighted by Gasteiger charge is 2.14. The summed E-state index contributed by atoms with van der Waals surface area (Å²) in [6.45, 7) is 8.25. The Morgan fingerprint density at radius 1 is 0.842 bits per heavy atom. The SMILES string of the molecule is Cc1cc(C)c(-c2c(S)cc(C)cc2C#N)c(C)c1. The topological polar surface area (TPSA) is 23.8 Å². The minimum absolute atomic E-state index is 0.694. The molecule has 0 radical (unpaired) electrons. The van der Waals surface area contributed by atoms with Gasteiger partial charge in [-0.1, -0.05) is 17.7 Å². The number of rotatable bonds is 1. The summed E-state index contributed by atoms with van der Waals surface area (Å²) in [4.78, 5) is 0.867. The van der Waals surface area contributed by atoms with E-state index in [0.717, 1.165) is 21.6 Å². The molecule has 19 heavy (non-hydrogen) atoms. The van der Waals surface area contributed by atoms with E-state index in [0.29, 0.717) is 5.56 Å². The van der Waals surface area contributed by atoms with Crippen LogP contribution in [0, 0.1) is 39.0 Å². The van der Waals surface area contributed by atoms with E-state index in [-0.39, 0.29) is 0 Å². The van der Waals surface area contributed by atoms with E-state index in [9.17, 15) is 5.26 Å². The van der Waals surface area contributed by atoms with Crippen LogP contribution in [-0.2, 0) is 0 Å². The highest BCUT2D eigenvalue weighted by molar-refractivity contribution is 7.80. The fraction of sp³-hybridized carbons (Fsp3) is 0.235. The van der Waals surface area contributed by atoms with E-state index >= 15 is 0 Å². The summed E-state index contributed by atoms with van der Waals surface area (Å²) in [6, 6.07) is 10.5. The molecule has 0 aliphatic heterocycles. The van der Waals surface area contributed by atoms with Crippen molar-refractivity contribution in [3.8, 4) is 17.2 Å². The Morgan fingerprint density at radius 2 is 1.37 bits per heavy atom. The van der Waals surface area contributed by atoms with Gasteiger partial charge < -0.3 is 0 Å². The van der Waals surface area contributed by atoms with Crippen LogP contribution in [0.25, 0.3) is 11.1 Å². The van der Waals surface area contributed by atoms with Crippen molar-refractivity contribution in [1.82, 2.24) is 0 Å². The second-order valence-corrected chi connectivity index (χ2v) is 5.57. The largest absolute Gasteiger partial charge is 0.192 e. The molecule has 1 nitrogen and oxygen atoms in total. The van der Waals surface area contributed by atoms with Gasteiger partial charge in [-0.05, 0) is 62.1 Å². The predicted molar refractivity (Wildman–Crippen MR) is 82.8 cm³/mol. The summed E-state index contributed by atoms with van der Waals surface area (Å²) in [5.41, 5.74) is 7.46. The Balaban J connectivity index is 2.84. The van der Waals surface area contributed by atoms with Crippen molar-refractivity contribution < 1.29 is 0 Å². The molecule has 0 fully saturated rings. The zero-order valence-corrected chi connectivity index (χ0v) is 12.6. The van der Waals surface area contributed by atoms with Crippen LogP contribution in [0.3, 0.4) is 0 Å². The van der Waals surface area contributed by atoms with Gasteiger partial charge in [0.2, 0.25) is 0 Å². The first-order valence-electron chi connectivity index (χ1n) is 6.26. The molecule has 2 rings (SSSR count). The smallest absolute Gasteiger partial charge is 0.0998 e. The van der Waals surface area contributed by atoms with E-state index in [1.807, 2.05) is 19.1 Å². The van der Waals surface area contributed by atoms with E-state index in [1.165, 1.54) is 16.7 Å². The van der Waals surface area contributed by atoms with Gasteiger partial charge in [-0.15, -0.1) is 12.6 Å². The monoisotopic (exact) mass is 267 g/mol. The van der Waals surface area contributed by atoms with Crippen LogP contribution in [0.15, 0.2) is 29.2 Å². The molecule has 2 heteroatoms. The first-order chi connectivity index (χ1) is 8.93. The van der Waals surface area contributed by atoms with E-state index in [1.54, 1.807) is 0 Å². The van der Waals surface area contributed by atoms with E-state index in [2.05, 4.69) is 51.6 Å². The van der Waals surface area contributed by atoms with Crippen molar-refractivity contribution in [2.24, 2.45) is 0 Å². The number of hydrogen-bond donors (Lipinski definition) is 1. The lowest BCUT2D eigenvalue weighted by atomic mass is 9.90. The molecule has 2 aromatic carbocycles. The van der Waals surface area contributed by atoms with Gasteiger partial charge in [-0.2, -0.15) is 5.26 Å². The Labute approximate surface area is 120 Å². The first-order valence-corrected chi connectivity index (χ1v) is 6.70. The van der Waals surface area contributed by atoms with Crippen LogP contribution < -0.4 is 0 Å². The number of hydrogen-bond acceptors (Lipinski definition) is 2. The third-order valence-electron chi connectivity index (χ3n) is 3.31. The number of aryl methyl sites for hydroxylation is 4. The second kappa shape index (κ2) is 5.11. The van der Waals surface area contributed by atoms with Crippen molar-refractivity contribution in [3.63, 3.8) is 0 Å². The van der Waals surface area contributed by atoms with Crippen molar-refractivity contribution in [1.29, 1.82) is 5.26 Å². The van der Waals surface area contributed by atoms with Crippen molar-refractivity contribution in [3.05, 3.63) is 52.1 Å². The summed E-state index contributed by atoms with van der Waals surface area (Å²) in [7, 11) is 0. The molecule has 0 aliphatic carbocycles. The van der Waals surface area contributed by atoms with Crippen LogP contribution in [-0.4, -0.2) is 0 Å². The van der Waals surface area contributed by atoms with Gasteiger partial charge in [0.15, 0.2) is 0 Å². The molecule has 0 aromatic heterocycles. The van der Waals surface area contributed by atoms with Gasteiger partial charge >= 0.3 is 0 Å². The van der Waals surface area contributed by atoms with Crippen molar-refractivity contribution >= 4 is 12.6 Å². The summed E-state index contributed by atoms with van der Waals surface area (Å²) >= 11 is 4.57. The fourth-order valence-corrected chi connectivity index (χ4v) is 3.13. The Kier molecular flexibility index (Phi) is 3.68. The third kappa shape index (κ3) is 2.52. The highest BCUT2D eigenvalue weighted by Crippen LogP contribution is 2.36. The van der Waals surface area contributed by atoms with Crippen LogP contribution in [0.1, 0.15) is 27.8 Å². The zero-order chi connectivity index (χ0) is 14.2. The minimum Gasteiger partial charge on any atom is -0.192 e. The quantitative estimate of drug-likeness (QED) is 0.741. The molecule has 0 amide bonds. The second-order valence-electron chi connectivity index (χ2n) is 5.09. The molecule has 0 N–H and O–H groups in total. The zero-order valence-electron chi connectivity index (χ0n) is 11.7. The average molecular weight is 267 g/mol. The molecule has 0 atom stereocenters. The Morgan fingerprint density at radius 3 is 1.89 bits per heavy atom. The summed E-state index contributed by atoms with van der Waals surface area (Å²) < 4.78 is 0. The Hall–Kier alpha value is -1.72. The number of nitriles is 1. The average Bonchev–Trinajstić information content (AvgIpc) is 2.29. The number of thiol groups is 1. The van der Waals surface area contributed by atoms with Gasteiger partial charge in [0.25, 0.3) is 0 Å². The summed E-state index contributed by atoms with van der Waals surface area (Å²) in [6.07, 6.45) is 0. The highest BCUT2D eigenvalue weighted by atomic mass is 32.1. The molecular formula is C17H17NS. The lowest BCUT2D eigenvalue weighted by Gasteiger charge is -2.15. The van der Waals surface area contributed by atoms with Gasteiger partial charge in [-0.25, -0.2) is 0 Å². The lowest BCUT2D eigenvalue weighted by Crippen LogP contribution is -1.95. The fourth-order valence-electron chi connectivity index (χ4n) is 2.69. The molecular weight excluding hydrogens is 250 g/mol. The standard InChI is InChI=1S/C17H17NS/c1-10-5-12(3)16(13(4)6-10)17-14(9-18)7-11(2)8-15(17)19/h5-8,19H,1-4H3. The van der Waals surface area contributed by atoms with Gasteiger partial charge in [0.05, 0.1) is 11.6 Å². The molecule has 2 aromatic rings. The molecule has 0 spiro atoms. The molecule has 0 heterocycles. The summed E-state index contributed by atoms with van der Waals surface area (Å²) in [5.74, 6) is 0.